The number of halogens is 1. The van der Waals surface area contributed by atoms with Gasteiger partial charge in [0.1, 0.15) is 5.60 Å². The van der Waals surface area contributed by atoms with Gasteiger partial charge in [-0.05, 0) is 28.8 Å². The molecule has 0 fully saturated rings. The van der Waals surface area contributed by atoms with Gasteiger partial charge in [0.05, 0.1) is 0 Å². The largest absolute Gasteiger partial charge is 0.404 e. The van der Waals surface area contributed by atoms with E-state index in [0.29, 0.717) is 21.7 Å². The van der Waals surface area contributed by atoms with Crippen molar-refractivity contribution in [3.05, 3.63) is 76.4 Å². The van der Waals surface area contributed by atoms with Gasteiger partial charge < -0.3 is 22.0 Å². The molecule has 4 nitrogen and oxygen atoms in total. The van der Waals surface area contributed by atoms with E-state index in [0.717, 1.165) is 5.56 Å². The molecule has 1 unspecified atom stereocenters. The van der Waals surface area contributed by atoms with Gasteiger partial charge in [-0.1, -0.05) is 48.0 Å². The fourth-order valence-corrected chi connectivity index (χ4v) is 2.42. The van der Waals surface area contributed by atoms with Crippen molar-refractivity contribution in [3.63, 3.8) is 0 Å². The number of hydrogen-bond acceptors (Lipinski definition) is 4. The zero-order valence-electron chi connectivity index (χ0n) is 12.0. The lowest BCUT2D eigenvalue weighted by Crippen LogP contribution is -2.36. The first kappa shape index (κ1) is 16.2. The summed E-state index contributed by atoms with van der Waals surface area (Å²) in [6, 6.07) is 14.1. The Morgan fingerprint density at radius 1 is 1.09 bits per heavy atom. The van der Waals surface area contributed by atoms with Crippen molar-refractivity contribution in [2.24, 2.45) is 11.5 Å². The first-order valence-electron chi connectivity index (χ1n) is 6.77. The zero-order chi connectivity index (χ0) is 16.2. The van der Waals surface area contributed by atoms with Crippen LogP contribution in [0.4, 0.5) is 0 Å². The Balaban J connectivity index is 2.43. The van der Waals surface area contributed by atoms with Gasteiger partial charge in [0.25, 0.3) is 0 Å². The van der Waals surface area contributed by atoms with Crippen molar-refractivity contribution in [1.29, 1.82) is 5.41 Å². The molecule has 2 rings (SSSR count). The average Bonchev–Trinajstić information content (AvgIpc) is 2.56. The van der Waals surface area contributed by atoms with Gasteiger partial charge in [0.2, 0.25) is 0 Å². The van der Waals surface area contributed by atoms with E-state index in [9.17, 15) is 5.11 Å². The van der Waals surface area contributed by atoms with Crippen LogP contribution in [0.1, 0.15) is 16.7 Å². The molecular formula is C17H18ClN3O. The molecule has 0 amide bonds. The number of aliphatic hydroxyl groups is 1. The smallest absolute Gasteiger partial charge is 0.127 e. The monoisotopic (exact) mass is 315 g/mol. The fourth-order valence-electron chi connectivity index (χ4n) is 2.29. The topological polar surface area (TPSA) is 96.1 Å². The third-order valence-electron chi connectivity index (χ3n) is 3.65. The second kappa shape index (κ2) is 6.75. The number of benzene rings is 2. The quantitative estimate of drug-likeness (QED) is 0.638. The van der Waals surface area contributed by atoms with Gasteiger partial charge in [-0.2, -0.15) is 0 Å². The number of rotatable bonds is 5. The molecule has 22 heavy (non-hydrogen) atoms. The van der Waals surface area contributed by atoms with E-state index >= 15 is 0 Å². The highest BCUT2D eigenvalue weighted by atomic mass is 35.5. The minimum atomic E-state index is -1.29. The Kier molecular flexibility index (Phi) is 4.98. The second-order valence-electron chi connectivity index (χ2n) is 4.91. The highest BCUT2D eigenvalue weighted by Crippen LogP contribution is 2.30. The molecule has 0 bridgehead atoms. The summed E-state index contributed by atoms with van der Waals surface area (Å²) in [5, 5.41) is 18.9. The molecule has 5 heteroatoms. The molecule has 0 saturated carbocycles. The van der Waals surface area contributed by atoms with Crippen LogP contribution in [0.2, 0.25) is 5.02 Å². The normalized spacial score (nSPS) is 14.4. The predicted octanol–water partition coefficient (Wildman–Crippen LogP) is 2.48. The van der Waals surface area contributed by atoms with Gasteiger partial charge in [0, 0.05) is 29.6 Å². The number of nitrogens with one attached hydrogen (secondary N) is 1. The van der Waals surface area contributed by atoms with Crippen LogP contribution >= 0.6 is 11.6 Å². The molecular weight excluding hydrogens is 298 g/mol. The third kappa shape index (κ3) is 3.04. The summed E-state index contributed by atoms with van der Waals surface area (Å²) in [7, 11) is 0. The molecule has 0 aliphatic carbocycles. The van der Waals surface area contributed by atoms with Gasteiger partial charge in [-0.25, -0.2) is 0 Å². The van der Waals surface area contributed by atoms with Crippen LogP contribution in [0.3, 0.4) is 0 Å². The molecule has 0 saturated heterocycles. The van der Waals surface area contributed by atoms with Gasteiger partial charge >= 0.3 is 0 Å². The zero-order valence-corrected chi connectivity index (χ0v) is 12.7. The maximum Gasteiger partial charge on any atom is 0.127 e. The van der Waals surface area contributed by atoms with E-state index < -0.39 is 5.60 Å². The van der Waals surface area contributed by atoms with E-state index in [1.807, 2.05) is 0 Å². The van der Waals surface area contributed by atoms with Gasteiger partial charge in [-0.3, -0.25) is 0 Å². The second-order valence-corrected chi connectivity index (χ2v) is 5.35. The summed E-state index contributed by atoms with van der Waals surface area (Å²) in [6.07, 6.45) is 2.56. The molecule has 0 heterocycles. The van der Waals surface area contributed by atoms with Crippen molar-refractivity contribution >= 4 is 23.4 Å². The highest BCUT2D eigenvalue weighted by molar-refractivity contribution is 6.30. The van der Waals surface area contributed by atoms with Crippen LogP contribution in [0.15, 0.2) is 54.7 Å². The summed E-state index contributed by atoms with van der Waals surface area (Å²) in [5.41, 5.74) is 12.7. The van der Waals surface area contributed by atoms with Crippen LogP contribution in [0.5, 0.6) is 0 Å². The van der Waals surface area contributed by atoms with Crippen LogP contribution in [0, 0.1) is 5.41 Å². The van der Waals surface area contributed by atoms with Crippen molar-refractivity contribution in [2.75, 3.05) is 6.54 Å². The molecule has 0 aromatic heterocycles. The van der Waals surface area contributed by atoms with Crippen LogP contribution in [-0.4, -0.2) is 17.9 Å². The van der Waals surface area contributed by atoms with E-state index in [4.69, 9.17) is 28.5 Å². The van der Waals surface area contributed by atoms with Crippen molar-refractivity contribution in [3.8, 4) is 0 Å². The lowest BCUT2D eigenvalue weighted by Gasteiger charge is -2.28. The summed E-state index contributed by atoms with van der Waals surface area (Å²) in [6.45, 7) is 0.0398. The summed E-state index contributed by atoms with van der Waals surface area (Å²) in [5.74, 6) is 0. The Labute approximate surface area is 134 Å². The number of nitrogens with two attached hydrogens (primary N) is 2. The van der Waals surface area contributed by atoms with Gasteiger partial charge in [-0.15, -0.1) is 0 Å². The summed E-state index contributed by atoms with van der Waals surface area (Å²) in [4.78, 5) is 0. The molecule has 0 spiro atoms. The molecule has 6 N–H and O–H groups in total. The first-order chi connectivity index (χ1) is 10.5. The van der Waals surface area contributed by atoms with E-state index in [2.05, 4.69) is 0 Å². The third-order valence-corrected chi connectivity index (χ3v) is 3.90. The molecule has 0 aliphatic rings. The SMILES string of the molecule is N=C/C(=C\N)c1ccc(C(O)(CN)c2ccc(Cl)cc2)cc1. The number of hydrogen-bond donors (Lipinski definition) is 4. The Morgan fingerprint density at radius 3 is 2.00 bits per heavy atom. The van der Waals surface area contributed by atoms with Crippen molar-refractivity contribution in [2.45, 2.75) is 5.60 Å². The lowest BCUT2D eigenvalue weighted by molar-refractivity contribution is 0.0902. The van der Waals surface area contributed by atoms with Crippen molar-refractivity contribution in [1.82, 2.24) is 0 Å². The van der Waals surface area contributed by atoms with E-state index in [1.165, 1.54) is 12.4 Å². The average molecular weight is 316 g/mol. The molecule has 0 radical (unpaired) electrons. The Morgan fingerprint density at radius 2 is 1.59 bits per heavy atom. The van der Waals surface area contributed by atoms with Gasteiger partial charge in [0.15, 0.2) is 0 Å². The molecule has 114 valence electrons. The summed E-state index contributed by atoms with van der Waals surface area (Å²) >= 11 is 5.89. The number of allylic oxidation sites excluding steroid dienone is 1. The van der Waals surface area contributed by atoms with E-state index in [1.54, 1.807) is 48.5 Å². The van der Waals surface area contributed by atoms with Crippen LogP contribution in [-0.2, 0) is 5.60 Å². The fraction of sp³-hybridized carbons (Fsp3) is 0.118. The molecule has 2 aromatic rings. The van der Waals surface area contributed by atoms with E-state index in [-0.39, 0.29) is 6.54 Å². The minimum absolute atomic E-state index is 0.0398. The van der Waals surface area contributed by atoms with Crippen LogP contribution in [0.25, 0.3) is 5.57 Å². The Bertz CT molecular complexity index is 680. The molecule has 2 aromatic carbocycles. The maximum absolute atomic E-state index is 10.9. The summed E-state index contributed by atoms with van der Waals surface area (Å²) < 4.78 is 0. The van der Waals surface area contributed by atoms with Crippen LogP contribution < -0.4 is 11.5 Å². The highest BCUT2D eigenvalue weighted by Gasteiger charge is 2.29. The predicted molar refractivity (Wildman–Crippen MR) is 90.9 cm³/mol. The minimum Gasteiger partial charge on any atom is -0.404 e. The maximum atomic E-state index is 10.9. The lowest BCUT2D eigenvalue weighted by atomic mass is 9.85. The Hall–Kier alpha value is -2.14. The first-order valence-corrected chi connectivity index (χ1v) is 7.14. The standard InChI is InChI=1S/C17H18ClN3O/c18-16-7-5-15(6-8-16)17(22,11-21)14-3-1-12(2-4-14)13(9-19)10-20/h1-10,19,22H,11,20-21H2/b13-10+,19-9?. The molecule has 0 aliphatic heterocycles. The molecule has 1 atom stereocenters. The van der Waals surface area contributed by atoms with Crippen molar-refractivity contribution < 1.29 is 5.11 Å².